The Bertz CT molecular complexity index is 936. The van der Waals surface area contributed by atoms with E-state index in [1.54, 1.807) is 39.8 Å². The molecule has 1 amide bonds. The minimum Gasteiger partial charge on any atom is -0.464 e. The van der Waals surface area contributed by atoms with Crippen molar-refractivity contribution in [1.29, 1.82) is 0 Å². The molecular weight excluding hydrogens is 457 g/mol. The van der Waals surface area contributed by atoms with Crippen molar-refractivity contribution in [2.45, 2.75) is 44.8 Å². The van der Waals surface area contributed by atoms with Crippen LogP contribution in [0.5, 0.6) is 11.5 Å². The number of ether oxygens (including phenoxy) is 4. The first-order valence-corrected chi connectivity index (χ1v) is 12.3. The molecule has 0 bridgehead atoms. The van der Waals surface area contributed by atoms with Crippen molar-refractivity contribution in [2.24, 2.45) is 0 Å². The van der Waals surface area contributed by atoms with Gasteiger partial charge in [-0.25, -0.2) is 9.59 Å². The molecule has 2 aliphatic heterocycles. The van der Waals surface area contributed by atoms with Crippen LogP contribution in [-0.2, 0) is 37.5 Å². The summed E-state index contributed by atoms with van der Waals surface area (Å²) in [5.74, 6) is -3.49. The topological polar surface area (TPSA) is 136 Å². The zero-order valence-electron chi connectivity index (χ0n) is 19.0. The van der Waals surface area contributed by atoms with E-state index in [-0.39, 0.29) is 33.2 Å². The maximum absolute atomic E-state index is 13.8. The van der Waals surface area contributed by atoms with E-state index >= 15 is 0 Å². The summed E-state index contributed by atoms with van der Waals surface area (Å²) in [6.07, 6.45) is 0. The van der Waals surface area contributed by atoms with Crippen molar-refractivity contribution in [2.75, 3.05) is 33.2 Å². The highest BCUT2D eigenvalue weighted by atomic mass is 31.2. The third-order valence-corrected chi connectivity index (χ3v) is 7.73. The van der Waals surface area contributed by atoms with Gasteiger partial charge in [0.15, 0.2) is 17.2 Å². The molecule has 0 unspecified atom stereocenters. The van der Waals surface area contributed by atoms with Gasteiger partial charge in [-0.05, 0) is 45.4 Å². The van der Waals surface area contributed by atoms with E-state index in [2.05, 4.69) is 5.32 Å². The maximum Gasteiger partial charge on any atom is 0.344 e. The lowest BCUT2D eigenvalue weighted by molar-refractivity contribution is -0.167. The van der Waals surface area contributed by atoms with Crippen LogP contribution in [0.3, 0.4) is 0 Å². The molecule has 3 rings (SSSR count). The Morgan fingerprint density at radius 3 is 2.12 bits per heavy atom. The Kier molecular flexibility index (Phi) is 7.66. The summed E-state index contributed by atoms with van der Waals surface area (Å²) in [6.45, 7) is 6.11. The highest BCUT2D eigenvalue weighted by Gasteiger charge is 2.70. The molecule has 182 valence electrons. The molecule has 0 radical (unpaired) electrons. The molecule has 1 N–H and O–H groups in total. The predicted octanol–water partition coefficient (Wildman–Crippen LogP) is 2.13. The third kappa shape index (κ3) is 4.32. The number of rotatable bonds is 10. The molecule has 1 saturated heterocycles. The molecule has 0 saturated carbocycles. The number of hydrogen-bond donors (Lipinski definition) is 1. The van der Waals surface area contributed by atoms with Crippen molar-refractivity contribution in [1.82, 2.24) is 5.32 Å². The number of hydrogen-bond acceptors (Lipinski definition) is 10. The van der Waals surface area contributed by atoms with E-state index < -0.39 is 42.6 Å². The van der Waals surface area contributed by atoms with Crippen molar-refractivity contribution >= 4 is 25.4 Å². The Morgan fingerprint density at radius 2 is 1.58 bits per heavy atom. The second-order valence-electron chi connectivity index (χ2n) is 7.15. The van der Waals surface area contributed by atoms with Crippen molar-refractivity contribution in [3.8, 4) is 11.5 Å². The SMILES string of the molecule is CCOC(=O)C1(C(=O)OCC)NC(=O)[C@H](P(=O)(OCC)OCC)[C@H]1c1ccc2c(c1)OCO2. The summed E-state index contributed by atoms with van der Waals surface area (Å²) in [4.78, 5) is 39.8. The van der Waals surface area contributed by atoms with Gasteiger partial charge in [0.1, 0.15) is 0 Å². The van der Waals surface area contributed by atoms with E-state index in [0.717, 1.165) is 0 Å². The quantitative estimate of drug-likeness (QED) is 0.298. The highest BCUT2D eigenvalue weighted by Crippen LogP contribution is 2.62. The summed E-state index contributed by atoms with van der Waals surface area (Å²) in [5, 5.41) is 2.43. The normalized spacial score (nSPS) is 20.9. The first-order valence-electron chi connectivity index (χ1n) is 10.7. The van der Waals surface area contributed by atoms with Gasteiger partial charge in [-0.3, -0.25) is 9.36 Å². The van der Waals surface area contributed by atoms with Gasteiger partial charge < -0.3 is 33.3 Å². The van der Waals surface area contributed by atoms with Gasteiger partial charge in [-0.15, -0.1) is 0 Å². The Balaban J connectivity index is 2.27. The van der Waals surface area contributed by atoms with Crippen LogP contribution in [0, 0.1) is 0 Å². The summed E-state index contributed by atoms with van der Waals surface area (Å²) in [7, 11) is -4.16. The monoisotopic (exact) mass is 485 g/mol. The maximum atomic E-state index is 13.8. The largest absolute Gasteiger partial charge is 0.464 e. The van der Waals surface area contributed by atoms with Gasteiger partial charge in [0.2, 0.25) is 18.2 Å². The van der Waals surface area contributed by atoms with Crippen LogP contribution in [0.2, 0.25) is 0 Å². The smallest absolute Gasteiger partial charge is 0.344 e. The number of esters is 2. The van der Waals surface area contributed by atoms with E-state index in [1.807, 2.05) is 0 Å². The molecule has 0 spiro atoms. The van der Waals surface area contributed by atoms with Crippen LogP contribution in [-0.4, -0.2) is 62.3 Å². The van der Waals surface area contributed by atoms with Gasteiger partial charge in [0, 0.05) is 0 Å². The Labute approximate surface area is 191 Å². The molecule has 33 heavy (non-hydrogen) atoms. The average Bonchev–Trinajstić information content (AvgIpc) is 3.36. The summed E-state index contributed by atoms with van der Waals surface area (Å²) >= 11 is 0. The van der Waals surface area contributed by atoms with Crippen LogP contribution in [0.25, 0.3) is 0 Å². The minimum absolute atomic E-state index is 0.0126. The van der Waals surface area contributed by atoms with E-state index in [0.29, 0.717) is 17.1 Å². The van der Waals surface area contributed by atoms with Crippen LogP contribution < -0.4 is 14.8 Å². The number of amides is 1. The first-order chi connectivity index (χ1) is 15.8. The fourth-order valence-electron chi connectivity index (χ4n) is 4.09. The lowest BCUT2D eigenvalue weighted by atomic mass is 9.79. The van der Waals surface area contributed by atoms with Gasteiger partial charge in [-0.1, -0.05) is 6.07 Å². The summed E-state index contributed by atoms with van der Waals surface area (Å²) in [5.41, 5.74) is -3.55. The second-order valence-corrected chi connectivity index (χ2v) is 9.30. The standard InChI is InChI=1S/C21H28NO10P/c1-5-27-19(24)21(20(25)28-6-2)16(13-9-10-14-15(11-13)30-12-29-14)17(18(23)22-21)33(26,31-7-3)32-8-4/h9-11,16-17H,5-8,12H2,1-4H3,(H,22,23)/t16-,17-/m1/s1. The molecule has 2 atom stereocenters. The first kappa shape index (κ1) is 25.0. The molecule has 1 fully saturated rings. The fourth-order valence-corrected chi connectivity index (χ4v) is 6.31. The second kappa shape index (κ2) is 10.1. The fraction of sp³-hybridized carbons (Fsp3) is 0.571. The van der Waals surface area contributed by atoms with Crippen LogP contribution in [0.15, 0.2) is 18.2 Å². The summed E-state index contributed by atoms with van der Waals surface area (Å²) < 4.78 is 45.9. The lowest BCUT2D eigenvalue weighted by Crippen LogP contribution is -2.60. The lowest BCUT2D eigenvalue weighted by Gasteiger charge is -2.33. The van der Waals surface area contributed by atoms with Crippen molar-refractivity contribution in [3.63, 3.8) is 0 Å². The number of carbonyl (C=O) groups excluding carboxylic acids is 3. The van der Waals surface area contributed by atoms with Gasteiger partial charge >= 0.3 is 19.5 Å². The van der Waals surface area contributed by atoms with E-state index in [4.69, 9.17) is 28.0 Å². The molecule has 2 heterocycles. The van der Waals surface area contributed by atoms with Crippen LogP contribution >= 0.6 is 7.60 Å². The summed E-state index contributed by atoms with van der Waals surface area (Å²) in [6, 6.07) is 4.65. The van der Waals surface area contributed by atoms with Crippen molar-refractivity contribution in [3.05, 3.63) is 23.8 Å². The molecule has 0 aliphatic carbocycles. The van der Waals surface area contributed by atoms with Gasteiger partial charge in [0.25, 0.3) is 0 Å². The number of nitrogens with one attached hydrogen (secondary N) is 1. The Morgan fingerprint density at radius 1 is 1.00 bits per heavy atom. The molecular formula is C21H28NO10P. The van der Waals surface area contributed by atoms with Gasteiger partial charge in [0.05, 0.1) is 32.3 Å². The predicted molar refractivity (Wildman–Crippen MR) is 114 cm³/mol. The van der Waals surface area contributed by atoms with Crippen LogP contribution in [0.1, 0.15) is 39.2 Å². The molecule has 11 nitrogen and oxygen atoms in total. The number of carbonyl (C=O) groups is 3. The van der Waals surface area contributed by atoms with E-state index in [1.165, 1.54) is 6.07 Å². The van der Waals surface area contributed by atoms with Gasteiger partial charge in [-0.2, -0.15) is 0 Å². The molecule has 0 aromatic heterocycles. The Hall–Kier alpha value is -2.62. The van der Waals surface area contributed by atoms with Crippen LogP contribution in [0.4, 0.5) is 0 Å². The zero-order valence-corrected chi connectivity index (χ0v) is 19.8. The zero-order chi connectivity index (χ0) is 24.2. The van der Waals surface area contributed by atoms with Crippen molar-refractivity contribution < 1.29 is 46.9 Å². The average molecular weight is 485 g/mol. The molecule has 1 aromatic rings. The minimum atomic E-state index is -4.16. The molecule has 1 aromatic carbocycles. The third-order valence-electron chi connectivity index (χ3n) is 5.28. The van der Waals surface area contributed by atoms with E-state index in [9.17, 15) is 18.9 Å². The number of benzene rings is 1. The number of fused-ring (bicyclic) bond motifs is 1. The molecule has 12 heteroatoms. The highest BCUT2D eigenvalue weighted by molar-refractivity contribution is 7.56. The molecule has 2 aliphatic rings.